The Kier molecular flexibility index (Phi) is 7.95. The smallest absolute Gasteiger partial charge is 0.306 e. The summed E-state index contributed by atoms with van der Waals surface area (Å²) in [6.45, 7) is 2.41. The van der Waals surface area contributed by atoms with E-state index >= 15 is 0 Å². The number of anilines is 1. The molecule has 1 aromatic carbocycles. The van der Waals surface area contributed by atoms with Crippen LogP contribution in [0.2, 0.25) is 0 Å². The van der Waals surface area contributed by atoms with Crippen molar-refractivity contribution in [2.24, 2.45) is 0 Å². The molecule has 0 saturated heterocycles. The monoisotopic (exact) mass is 464 g/mol. The molecule has 0 unspecified atom stereocenters. The molecule has 0 atom stereocenters. The SMILES string of the molecule is CCOC(=O)CCc1nc(N(C)C=O)c(C(=O)N(C)C)n1Cc1cccc(Br)c1. The second-order valence-electron chi connectivity index (χ2n) is 6.64. The van der Waals surface area contributed by atoms with Crippen LogP contribution in [0, 0.1) is 0 Å². The number of hydrogen-bond donors (Lipinski definition) is 0. The largest absolute Gasteiger partial charge is 0.466 e. The molecule has 0 aliphatic heterocycles. The van der Waals surface area contributed by atoms with Crippen molar-refractivity contribution in [3.05, 3.63) is 45.8 Å². The lowest BCUT2D eigenvalue weighted by Crippen LogP contribution is -2.28. The van der Waals surface area contributed by atoms with Gasteiger partial charge in [-0.2, -0.15) is 0 Å². The van der Waals surface area contributed by atoms with E-state index in [1.165, 1.54) is 9.80 Å². The topological polar surface area (TPSA) is 84.7 Å². The second-order valence-corrected chi connectivity index (χ2v) is 7.55. The highest BCUT2D eigenvalue weighted by Crippen LogP contribution is 2.24. The summed E-state index contributed by atoms with van der Waals surface area (Å²) in [5, 5.41) is 0. The molecule has 2 rings (SSSR count). The maximum Gasteiger partial charge on any atom is 0.306 e. The van der Waals surface area contributed by atoms with Crippen molar-refractivity contribution in [2.45, 2.75) is 26.3 Å². The number of ether oxygens (including phenoxy) is 1. The zero-order chi connectivity index (χ0) is 21.6. The number of amides is 2. The first kappa shape index (κ1) is 22.6. The van der Waals surface area contributed by atoms with Crippen LogP contribution < -0.4 is 4.90 Å². The van der Waals surface area contributed by atoms with Crippen LogP contribution in [0.4, 0.5) is 5.82 Å². The Morgan fingerprint density at radius 1 is 1.28 bits per heavy atom. The van der Waals surface area contributed by atoms with Crippen molar-refractivity contribution in [1.82, 2.24) is 14.5 Å². The summed E-state index contributed by atoms with van der Waals surface area (Å²) in [7, 11) is 4.82. The number of aryl methyl sites for hydroxylation is 1. The summed E-state index contributed by atoms with van der Waals surface area (Å²) in [5.74, 6) is 0.174. The molecule has 0 aliphatic carbocycles. The van der Waals surface area contributed by atoms with Gasteiger partial charge in [0.25, 0.3) is 5.91 Å². The maximum absolute atomic E-state index is 12.9. The molecule has 8 nitrogen and oxygen atoms in total. The first-order valence-electron chi connectivity index (χ1n) is 9.17. The van der Waals surface area contributed by atoms with Gasteiger partial charge in [0.05, 0.1) is 13.0 Å². The van der Waals surface area contributed by atoms with Crippen LogP contribution in [0.15, 0.2) is 28.7 Å². The summed E-state index contributed by atoms with van der Waals surface area (Å²) in [6.07, 6.45) is 1.02. The molecule has 2 amide bonds. The summed E-state index contributed by atoms with van der Waals surface area (Å²) in [6, 6.07) is 7.70. The molecule has 0 aliphatic rings. The lowest BCUT2D eigenvalue weighted by molar-refractivity contribution is -0.143. The summed E-state index contributed by atoms with van der Waals surface area (Å²) in [5.41, 5.74) is 1.24. The number of benzene rings is 1. The van der Waals surface area contributed by atoms with Gasteiger partial charge in [0, 0.05) is 38.6 Å². The van der Waals surface area contributed by atoms with Gasteiger partial charge in [-0.25, -0.2) is 4.98 Å². The highest BCUT2D eigenvalue weighted by atomic mass is 79.9. The first-order valence-corrected chi connectivity index (χ1v) is 9.97. The van der Waals surface area contributed by atoms with Gasteiger partial charge >= 0.3 is 5.97 Å². The van der Waals surface area contributed by atoms with Crippen molar-refractivity contribution in [3.8, 4) is 0 Å². The van der Waals surface area contributed by atoms with Crippen LogP contribution in [-0.2, 0) is 27.3 Å². The Morgan fingerprint density at radius 3 is 2.59 bits per heavy atom. The molecule has 1 aromatic heterocycles. The van der Waals surface area contributed by atoms with Gasteiger partial charge in [-0.05, 0) is 24.6 Å². The van der Waals surface area contributed by atoms with Gasteiger partial charge in [0.15, 0.2) is 11.5 Å². The molecule has 156 valence electrons. The van der Waals surface area contributed by atoms with Crippen LogP contribution in [0.1, 0.15) is 35.2 Å². The molecular weight excluding hydrogens is 440 g/mol. The number of rotatable bonds is 9. The predicted molar refractivity (Wildman–Crippen MR) is 113 cm³/mol. The van der Waals surface area contributed by atoms with Crippen molar-refractivity contribution in [3.63, 3.8) is 0 Å². The number of hydrogen-bond acceptors (Lipinski definition) is 5. The lowest BCUT2D eigenvalue weighted by Gasteiger charge is -2.17. The molecule has 0 radical (unpaired) electrons. The van der Waals surface area contributed by atoms with Crippen molar-refractivity contribution in [2.75, 3.05) is 32.6 Å². The zero-order valence-electron chi connectivity index (χ0n) is 17.0. The van der Waals surface area contributed by atoms with Crippen LogP contribution >= 0.6 is 15.9 Å². The molecule has 2 aromatic rings. The highest BCUT2D eigenvalue weighted by molar-refractivity contribution is 9.10. The fraction of sp³-hybridized carbons (Fsp3) is 0.400. The number of halogens is 1. The van der Waals surface area contributed by atoms with Gasteiger partial charge in [-0.1, -0.05) is 28.1 Å². The standard InChI is InChI=1S/C20H25BrN4O4/c1-5-29-17(27)10-9-16-22-19(24(4)13-26)18(20(28)23(2)3)25(16)12-14-7-6-8-15(21)11-14/h6-8,11,13H,5,9-10,12H2,1-4H3. The predicted octanol–water partition coefficient (Wildman–Crippen LogP) is 2.48. The van der Waals surface area contributed by atoms with Gasteiger partial charge in [0.1, 0.15) is 5.82 Å². The number of carbonyl (C=O) groups is 3. The molecule has 1 heterocycles. The quantitative estimate of drug-likeness (QED) is 0.420. The molecule has 0 saturated carbocycles. The third-order valence-electron chi connectivity index (χ3n) is 4.22. The molecule has 29 heavy (non-hydrogen) atoms. The molecular formula is C20H25BrN4O4. The van der Waals surface area contributed by atoms with Crippen LogP contribution in [0.25, 0.3) is 0 Å². The minimum atomic E-state index is -0.338. The van der Waals surface area contributed by atoms with E-state index in [0.29, 0.717) is 31.1 Å². The average Bonchev–Trinajstić information content (AvgIpc) is 3.03. The number of nitrogens with zero attached hydrogens (tertiary/aromatic N) is 4. The summed E-state index contributed by atoms with van der Waals surface area (Å²) < 4.78 is 7.68. The van der Waals surface area contributed by atoms with E-state index in [4.69, 9.17) is 4.74 Å². The van der Waals surface area contributed by atoms with E-state index < -0.39 is 0 Å². The van der Waals surface area contributed by atoms with Gasteiger partial charge < -0.3 is 19.1 Å². The van der Waals surface area contributed by atoms with E-state index in [0.717, 1.165) is 10.0 Å². The van der Waals surface area contributed by atoms with E-state index in [1.807, 2.05) is 24.3 Å². The highest BCUT2D eigenvalue weighted by Gasteiger charge is 2.27. The Labute approximate surface area is 178 Å². The number of esters is 1. The second kappa shape index (κ2) is 10.2. The Hall–Kier alpha value is -2.68. The maximum atomic E-state index is 12.9. The van der Waals surface area contributed by atoms with Crippen LogP contribution in [0.5, 0.6) is 0 Å². The van der Waals surface area contributed by atoms with Gasteiger partial charge in [-0.3, -0.25) is 14.4 Å². The fourth-order valence-electron chi connectivity index (χ4n) is 2.83. The first-order chi connectivity index (χ1) is 13.8. The molecule has 0 N–H and O–H groups in total. The number of aromatic nitrogens is 2. The number of carbonyl (C=O) groups excluding carboxylic acids is 3. The Morgan fingerprint density at radius 2 is 2.00 bits per heavy atom. The van der Waals surface area contributed by atoms with Crippen LogP contribution in [0.3, 0.4) is 0 Å². The van der Waals surface area contributed by atoms with E-state index in [2.05, 4.69) is 20.9 Å². The third-order valence-corrected chi connectivity index (χ3v) is 4.71. The van der Waals surface area contributed by atoms with E-state index in [-0.39, 0.29) is 30.5 Å². The minimum Gasteiger partial charge on any atom is -0.466 e. The van der Waals surface area contributed by atoms with E-state index in [1.54, 1.807) is 32.6 Å². The summed E-state index contributed by atoms with van der Waals surface area (Å²) >= 11 is 3.46. The average molecular weight is 465 g/mol. The van der Waals surface area contributed by atoms with Gasteiger partial charge in [0.2, 0.25) is 6.41 Å². The molecule has 9 heteroatoms. The van der Waals surface area contributed by atoms with Gasteiger partial charge in [-0.15, -0.1) is 0 Å². The van der Waals surface area contributed by atoms with Crippen molar-refractivity contribution in [1.29, 1.82) is 0 Å². The van der Waals surface area contributed by atoms with E-state index in [9.17, 15) is 14.4 Å². The Bertz CT molecular complexity index is 895. The normalized spacial score (nSPS) is 10.5. The fourth-order valence-corrected chi connectivity index (χ4v) is 3.28. The van der Waals surface area contributed by atoms with Crippen LogP contribution in [-0.4, -0.2) is 60.5 Å². The van der Waals surface area contributed by atoms with Crippen molar-refractivity contribution >= 4 is 40.0 Å². The Balaban J connectivity index is 2.55. The minimum absolute atomic E-state index is 0.128. The molecule has 0 fully saturated rings. The molecule has 0 bridgehead atoms. The molecule has 0 spiro atoms. The summed E-state index contributed by atoms with van der Waals surface area (Å²) in [4.78, 5) is 43.4. The third kappa shape index (κ3) is 5.66. The lowest BCUT2D eigenvalue weighted by atomic mass is 10.2. The van der Waals surface area contributed by atoms with Crippen molar-refractivity contribution < 1.29 is 19.1 Å². The zero-order valence-corrected chi connectivity index (χ0v) is 18.6. The number of imidazole rings is 1.